The van der Waals surface area contributed by atoms with Crippen molar-refractivity contribution in [1.29, 1.82) is 0 Å². The van der Waals surface area contributed by atoms with E-state index in [1.165, 1.54) is 0 Å². The van der Waals surface area contributed by atoms with Crippen molar-refractivity contribution in [3.63, 3.8) is 0 Å². The molecule has 5 aromatic rings. The van der Waals surface area contributed by atoms with E-state index in [0.29, 0.717) is 30.1 Å². The Kier molecular flexibility index (Phi) is 6.48. The number of ether oxygens (including phenoxy) is 3. The lowest BCUT2D eigenvalue weighted by atomic mass is 10.1. The van der Waals surface area contributed by atoms with E-state index in [2.05, 4.69) is 11.0 Å². The van der Waals surface area contributed by atoms with Gasteiger partial charge >= 0.3 is 0 Å². The minimum absolute atomic E-state index is 0.0630. The highest BCUT2D eigenvalue weighted by atomic mass is 16.7. The Hall–Kier alpha value is -4.89. The topological polar surface area (TPSA) is 81.4 Å². The Balaban J connectivity index is 1.17. The molecule has 0 saturated carbocycles. The monoisotopic (exact) mass is 547 g/mol. The van der Waals surface area contributed by atoms with Crippen LogP contribution >= 0.6 is 0 Å². The molecule has 0 unspecified atom stereocenters. The smallest absolute Gasteiger partial charge is 0.272 e. The first-order chi connectivity index (χ1) is 20.1. The van der Waals surface area contributed by atoms with Gasteiger partial charge in [-0.3, -0.25) is 9.69 Å². The molecule has 1 saturated heterocycles. The number of piperazine rings is 1. The summed E-state index contributed by atoms with van der Waals surface area (Å²) in [7, 11) is 1.64. The predicted octanol–water partition coefficient (Wildman–Crippen LogP) is 4.76. The van der Waals surface area contributed by atoms with Gasteiger partial charge in [0, 0.05) is 49.9 Å². The fourth-order valence-electron chi connectivity index (χ4n) is 5.38. The lowest BCUT2D eigenvalue weighted by molar-refractivity contribution is 0.0620. The maximum Gasteiger partial charge on any atom is 0.272 e. The zero-order valence-electron chi connectivity index (χ0n) is 22.7. The van der Waals surface area contributed by atoms with Gasteiger partial charge in [0.1, 0.15) is 11.4 Å². The Morgan fingerprint density at radius 3 is 2.46 bits per heavy atom. The van der Waals surface area contributed by atoms with Crippen LogP contribution in [0.2, 0.25) is 0 Å². The molecule has 2 aromatic heterocycles. The van der Waals surface area contributed by atoms with Gasteiger partial charge in [-0.1, -0.05) is 48.5 Å². The summed E-state index contributed by atoms with van der Waals surface area (Å²) in [6.07, 6.45) is 0. The predicted molar refractivity (Wildman–Crippen MR) is 154 cm³/mol. The summed E-state index contributed by atoms with van der Waals surface area (Å²) in [6.45, 7) is 3.84. The van der Waals surface area contributed by atoms with Crippen molar-refractivity contribution in [3.8, 4) is 39.8 Å². The highest BCUT2D eigenvalue weighted by Crippen LogP contribution is 2.33. The second kappa shape index (κ2) is 10.6. The lowest BCUT2D eigenvalue weighted by Gasteiger charge is -2.34. The first-order valence-electron chi connectivity index (χ1n) is 13.7. The highest BCUT2D eigenvalue weighted by molar-refractivity contribution is 5.94. The number of nitrogens with zero attached hydrogens (tertiary/aromatic N) is 5. The molecule has 0 atom stereocenters. The van der Waals surface area contributed by atoms with Gasteiger partial charge in [0.05, 0.1) is 18.5 Å². The third-order valence-corrected chi connectivity index (χ3v) is 7.58. The number of carbonyl (C=O) groups is 1. The van der Waals surface area contributed by atoms with Crippen LogP contribution in [0.3, 0.4) is 0 Å². The third kappa shape index (κ3) is 4.96. The summed E-state index contributed by atoms with van der Waals surface area (Å²) in [6, 6.07) is 27.5. The summed E-state index contributed by atoms with van der Waals surface area (Å²) in [5, 5.41) is 4.82. The number of benzene rings is 3. The number of carbonyl (C=O) groups excluding carboxylic acids is 1. The Morgan fingerprint density at radius 2 is 1.63 bits per heavy atom. The van der Waals surface area contributed by atoms with Crippen LogP contribution < -0.4 is 14.2 Å². The van der Waals surface area contributed by atoms with Gasteiger partial charge in [0.15, 0.2) is 17.1 Å². The zero-order chi connectivity index (χ0) is 27.8. The van der Waals surface area contributed by atoms with Crippen molar-refractivity contribution in [2.75, 3.05) is 40.1 Å². The maximum absolute atomic E-state index is 14.0. The van der Waals surface area contributed by atoms with E-state index < -0.39 is 0 Å². The van der Waals surface area contributed by atoms with Crippen molar-refractivity contribution >= 4 is 11.6 Å². The molecule has 9 heteroatoms. The van der Waals surface area contributed by atoms with Crippen molar-refractivity contribution in [1.82, 2.24) is 24.4 Å². The molecule has 41 heavy (non-hydrogen) atoms. The molecule has 4 heterocycles. The quantitative estimate of drug-likeness (QED) is 0.303. The number of amides is 1. The molecule has 0 bridgehead atoms. The molecular weight excluding hydrogens is 518 g/mol. The molecule has 1 fully saturated rings. The standard InChI is InChI=1S/C32H29N5O4/c1-39-25-9-5-8-24(17-25)26-18-28(37-31(33-26)19-27(34-37)23-6-3-2-4-7-23)32(38)36-14-12-35(13-15-36)20-22-10-11-29-30(16-22)41-21-40-29/h2-11,16-19H,12-15,20-21H2,1H3. The summed E-state index contributed by atoms with van der Waals surface area (Å²) in [4.78, 5) is 23.2. The van der Waals surface area contributed by atoms with E-state index in [0.717, 1.165) is 59.3 Å². The molecule has 0 aliphatic carbocycles. The third-order valence-electron chi connectivity index (χ3n) is 7.58. The van der Waals surface area contributed by atoms with Crippen LogP contribution in [-0.4, -0.2) is 70.4 Å². The molecule has 2 aliphatic heterocycles. The molecular formula is C32H29N5O4. The summed E-state index contributed by atoms with van der Waals surface area (Å²) >= 11 is 0. The zero-order valence-corrected chi connectivity index (χ0v) is 22.7. The average Bonchev–Trinajstić information content (AvgIpc) is 3.68. The van der Waals surface area contributed by atoms with Crippen LogP contribution in [0.15, 0.2) is 84.9 Å². The number of rotatable bonds is 6. The van der Waals surface area contributed by atoms with E-state index in [1.807, 2.05) is 83.8 Å². The largest absolute Gasteiger partial charge is 0.497 e. The molecule has 1 amide bonds. The first kappa shape index (κ1) is 25.1. The van der Waals surface area contributed by atoms with E-state index >= 15 is 0 Å². The molecule has 7 rings (SSSR count). The number of aromatic nitrogens is 3. The Morgan fingerprint density at radius 1 is 0.829 bits per heavy atom. The van der Waals surface area contributed by atoms with Crippen molar-refractivity contribution in [3.05, 3.63) is 96.2 Å². The second-order valence-corrected chi connectivity index (χ2v) is 10.2. The van der Waals surface area contributed by atoms with Gasteiger partial charge in [-0.2, -0.15) is 5.10 Å². The van der Waals surface area contributed by atoms with Crippen LogP contribution in [0.25, 0.3) is 28.2 Å². The lowest BCUT2D eigenvalue weighted by Crippen LogP contribution is -2.48. The van der Waals surface area contributed by atoms with Crippen molar-refractivity contribution in [2.24, 2.45) is 0 Å². The minimum atomic E-state index is -0.0630. The van der Waals surface area contributed by atoms with Crippen LogP contribution in [0.1, 0.15) is 16.1 Å². The second-order valence-electron chi connectivity index (χ2n) is 10.2. The minimum Gasteiger partial charge on any atom is -0.497 e. The van der Waals surface area contributed by atoms with Gasteiger partial charge < -0.3 is 19.1 Å². The number of hydrogen-bond donors (Lipinski definition) is 0. The SMILES string of the molecule is COc1cccc(-c2cc(C(=O)N3CCN(Cc4ccc5c(c4)OCO5)CC3)n3nc(-c4ccccc4)cc3n2)c1. The highest BCUT2D eigenvalue weighted by Gasteiger charge is 2.26. The fraction of sp³-hybridized carbons (Fsp3) is 0.219. The van der Waals surface area contributed by atoms with E-state index in [9.17, 15) is 4.79 Å². The normalized spacial score (nSPS) is 14.9. The molecule has 9 nitrogen and oxygen atoms in total. The summed E-state index contributed by atoms with van der Waals surface area (Å²) in [5.41, 5.74) is 5.57. The van der Waals surface area contributed by atoms with Crippen LogP contribution in [0.5, 0.6) is 17.2 Å². The summed E-state index contributed by atoms with van der Waals surface area (Å²) in [5.74, 6) is 2.25. The number of fused-ring (bicyclic) bond motifs is 2. The van der Waals surface area contributed by atoms with E-state index in [4.69, 9.17) is 24.3 Å². The van der Waals surface area contributed by atoms with Gasteiger partial charge in [0.25, 0.3) is 5.91 Å². The van der Waals surface area contributed by atoms with E-state index in [1.54, 1.807) is 11.6 Å². The Labute approximate surface area is 237 Å². The average molecular weight is 548 g/mol. The van der Waals surface area contributed by atoms with Gasteiger partial charge in [0.2, 0.25) is 6.79 Å². The van der Waals surface area contributed by atoms with Gasteiger partial charge in [-0.05, 0) is 35.9 Å². The van der Waals surface area contributed by atoms with Crippen LogP contribution in [0.4, 0.5) is 0 Å². The van der Waals surface area contributed by atoms with Crippen LogP contribution in [-0.2, 0) is 6.54 Å². The number of methoxy groups -OCH3 is 1. The number of hydrogen-bond acceptors (Lipinski definition) is 7. The van der Waals surface area contributed by atoms with Crippen molar-refractivity contribution < 1.29 is 19.0 Å². The van der Waals surface area contributed by atoms with Crippen LogP contribution in [0, 0.1) is 0 Å². The summed E-state index contributed by atoms with van der Waals surface area (Å²) < 4.78 is 18.1. The first-order valence-corrected chi connectivity index (χ1v) is 13.7. The molecule has 206 valence electrons. The molecule has 0 spiro atoms. The fourth-order valence-corrected chi connectivity index (χ4v) is 5.38. The molecule has 2 aliphatic rings. The maximum atomic E-state index is 14.0. The van der Waals surface area contributed by atoms with Gasteiger partial charge in [-0.15, -0.1) is 0 Å². The molecule has 0 N–H and O–H groups in total. The van der Waals surface area contributed by atoms with Gasteiger partial charge in [-0.25, -0.2) is 9.50 Å². The molecule has 3 aromatic carbocycles. The Bertz CT molecular complexity index is 1730. The van der Waals surface area contributed by atoms with Crippen molar-refractivity contribution in [2.45, 2.75) is 6.54 Å². The van der Waals surface area contributed by atoms with E-state index in [-0.39, 0.29) is 12.7 Å². The molecule has 0 radical (unpaired) electrons.